The molecule has 0 radical (unpaired) electrons. The molecule has 0 aliphatic carbocycles. The first-order valence-corrected chi connectivity index (χ1v) is 8.90. The molecule has 29 heavy (non-hydrogen) atoms. The van der Waals surface area contributed by atoms with E-state index in [-0.39, 0.29) is 29.1 Å². The van der Waals surface area contributed by atoms with Crippen LogP contribution < -0.4 is 19.5 Å². The molecule has 0 saturated heterocycles. The number of methoxy groups -OCH3 is 2. The Labute approximate surface area is 169 Å². The topological polar surface area (TPSA) is 109 Å². The summed E-state index contributed by atoms with van der Waals surface area (Å²) in [6.07, 6.45) is 0. The quantitative estimate of drug-likeness (QED) is 0.703. The predicted octanol–water partition coefficient (Wildman–Crippen LogP) is 2.75. The first kappa shape index (κ1) is 21.9. The number of para-hydroxylation sites is 1. The number of carbonyl (C=O) groups excluding carboxylic acids is 2. The van der Waals surface area contributed by atoms with E-state index in [1.807, 2.05) is 0 Å². The van der Waals surface area contributed by atoms with Crippen LogP contribution in [0.3, 0.4) is 0 Å². The number of nitrogens with one attached hydrogen (secondary N) is 1. The summed E-state index contributed by atoms with van der Waals surface area (Å²) in [5, 5.41) is 2.61. The van der Waals surface area contributed by atoms with Gasteiger partial charge in [-0.2, -0.15) is 9.97 Å². The number of benzene rings is 1. The van der Waals surface area contributed by atoms with E-state index >= 15 is 0 Å². The van der Waals surface area contributed by atoms with E-state index in [9.17, 15) is 9.59 Å². The average molecular weight is 403 g/mol. The third-order valence-corrected chi connectivity index (χ3v) is 3.52. The lowest BCUT2D eigenvalue weighted by molar-refractivity contribution is -0.156. The van der Waals surface area contributed by atoms with Crippen molar-refractivity contribution in [2.75, 3.05) is 14.2 Å². The molecule has 1 heterocycles. The van der Waals surface area contributed by atoms with Crippen LogP contribution >= 0.6 is 0 Å². The van der Waals surface area contributed by atoms with Gasteiger partial charge in [0.25, 0.3) is 5.91 Å². The Hall–Kier alpha value is -3.36. The van der Waals surface area contributed by atoms with Crippen molar-refractivity contribution in [3.63, 3.8) is 0 Å². The maximum absolute atomic E-state index is 12.7. The molecule has 156 valence electrons. The summed E-state index contributed by atoms with van der Waals surface area (Å²) in [6.45, 7) is 6.81. The normalized spacial score (nSPS) is 11.9. The van der Waals surface area contributed by atoms with Crippen molar-refractivity contribution in [3.05, 3.63) is 35.9 Å². The van der Waals surface area contributed by atoms with Crippen LogP contribution in [-0.4, -0.2) is 47.7 Å². The summed E-state index contributed by atoms with van der Waals surface area (Å²) in [7, 11) is 2.90. The Morgan fingerprint density at radius 1 is 1.03 bits per heavy atom. The van der Waals surface area contributed by atoms with Crippen LogP contribution in [0, 0.1) is 0 Å². The smallest absolute Gasteiger partial charge is 0.328 e. The summed E-state index contributed by atoms with van der Waals surface area (Å²) >= 11 is 0. The van der Waals surface area contributed by atoms with E-state index in [0.717, 1.165) is 0 Å². The summed E-state index contributed by atoms with van der Waals surface area (Å²) in [6, 6.07) is 7.11. The van der Waals surface area contributed by atoms with Crippen LogP contribution in [0.2, 0.25) is 0 Å². The predicted molar refractivity (Wildman–Crippen MR) is 104 cm³/mol. The number of rotatable bonds is 7. The molecule has 0 saturated carbocycles. The molecule has 1 atom stereocenters. The zero-order chi connectivity index (χ0) is 21.6. The molecule has 9 nitrogen and oxygen atoms in total. The Balaban J connectivity index is 2.20. The third-order valence-electron chi connectivity index (χ3n) is 3.52. The number of hydrogen-bond donors (Lipinski definition) is 1. The van der Waals surface area contributed by atoms with Gasteiger partial charge in [-0.05, 0) is 39.8 Å². The number of nitrogens with zero attached hydrogens (tertiary/aromatic N) is 2. The summed E-state index contributed by atoms with van der Waals surface area (Å²) in [4.78, 5) is 33.0. The molecular weight excluding hydrogens is 378 g/mol. The Kier molecular flexibility index (Phi) is 6.98. The molecule has 0 bridgehead atoms. The maximum atomic E-state index is 12.7. The minimum absolute atomic E-state index is 0.0540. The molecule has 1 unspecified atom stereocenters. The molecule has 2 aromatic rings. The lowest BCUT2D eigenvalue weighted by Crippen LogP contribution is -2.42. The van der Waals surface area contributed by atoms with Crippen molar-refractivity contribution in [1.82, 2.24) is 15.3 Å². The lowest BCUT2D eigenvalue weighted by atomic mass is 10.1. The van der Waals surface area contributed by atoms with Gasteiger partial charge in [-0.1, -0.05) is 12.1 Å². The molecule has 2 rings (SSSR count). The lowest BCUT2D eigenvalue weighted by Gasteiger charge is -2.22. The number of carbonyl (C=O) groups is 2. The first-order chi connectivity index (χ1) is 13.6. The van der Waals surface area contributed by atoms with Crippen LogP contribution in [0.25, 0.3) is 0 Å². The molecule has 0 fully saturated rings. The molecular formula is C20H25N3O6. The standard InChI is InChI=1S/C20H25N3O6/c1-12(18(25)29-20(2,3)4)21-17(24)13-9-7-8-10-14(13)28-19-22-15(26-5)11-16(23-19)27-6/h7-12H,1-6H3,(H,21,24). The Bertz CT molecular complexity index is 857. The largest absolute Gasteiger partial charge is 0.481 e. The third kappa shape index (κ3) is 6.34. The first-order valence-electron chi connectivity index (χ1n) is 8.90. The van der Waals surface area contributed by atoms with E-state index < -0.39 is 23.5 Å². The van der Waals surface area contributed by atoms with Gasteiger partial charge in [0.05, 0.1) is 25.8 Å². The van der Waals surface area contributed by atoms with Gasteiger partial charge < -0.3 is 24.3 Å². The molecule has 0 spiro atoms. The molecule has 1 aromatic carbocycles. The van der Waals surface area contributed by atoms with Gasteiger partial charge in [0.2, 0.25) is 11.8 Å². The number of amides is 1. The van der Waals surface area contributed by atoms with Gasteiger partial charge in [0.1, 0.15) is 17.4 Å². The Morgan fingerprint density at radius 2 is 1.62 bits per heavy atom. The van der Waals surface area contributed by atoms with E-state index in [0.29, 0.717) is 0 Å². The second kappa shape index (κ2) is 9.22. The van der Waals surface area contributed by atoms with Gasteiger partial charge in [-0.25, -0.2) is 4.79 Å². The number of aromatic nitrogens is 2. The van der Waals surface area contributed by atoms with Crippen LogP contribution in [0.1, 0.15) is 38.1 Å². The molecule has 0 aliphatic heterocycles. The van der Waals surface area contributed by atoms with E-state index in [1.165, 1.54) is 20.3 Å². The summed E-state index contributed by atoms with van der Waals surface area (Å²) < 4.78 is 21.1. The van der Waals surface area contributed by atoms with Crippen molar-refractivity contribution in [3.8, 4) is 23.5 Å². The maximum Gasteiger partial charge on any atom is 0.328 e. The molecule has 9 heteroatoms. The van der Waals surface area contributed by atoms with E-state index in [1.54, 1.807) is 52.0 Å². The summed E-state index contributed by atoms with van der Waals surface area (Å²) in [5.41, 5.74) is -0.451. The van der Waals surface area contributed by atoms with Crippen molar-refractivity contribution >= 4 is 11.9 Å². The second-order valence-electron chi connectivity index (χ2n) is 7.06. The van der Waals surface area contributed by atoms with Gasteiger partial charge >= 0.3 is 12.0 Å². The van der Waals surface area contributed by atoms with Crippen molar-refractivity contribution in [2.24, 2.45) is 0 Å². The molecule has 1 aromatic heterocycles. The fourth-order valence-corrected chi connectivity index (χ4v) is 2.20. The summed E-state index contributed by atoms with van der Waals surface area (Å²) in [5.74, 6) is -0.352. The highest BCUT2D eigenvalue weighted by atomic mass is 16.6. The highest BCUT2D eigenvalue weighted by molar-refractivity contribution is 5.99. The number of esters is 1. The van der Waals surface area contributed by atoms with Crippen LogP contribution in [0.15, 0.2) is 30.3 Å². The fraction of sp³-hybridized carbons (Fsp3) is 0.400. The minimum atomic E-state index is -0.844. The van der Waals surface area contributed by atoms with Crippen molar-refractivity contribution in [1.29, 1.82) is 0 Å². The zero-order valence-corrected chi connectivity index (χ0v) is 17.3. The second-order valence-corrected chi connectivity index (χ2v) is 7.06. The zero-order valence-electron chi connectivity index (χ0n) is 17.3. The molecule has 0 aliphatic rings. The SMILES string of the molecule is COc1cc(OC)nc(Oc2ccccc2C(=O)NC(C)C(=O)OC(C)(C)C)n1. The van der Waals surface area contributed by atoms with Crippen molar-refractivity contribution < 1.29 is 28.5 Å². The number of hydrogen-bond acceptors (Lipinski definition) is 8. The monoisotopic (exact) mass is 403 g/mol. The molecule has 1 N–H and O–H groups in total. The molecule has 1 amide bonds. The highest BCUT2D eigenvalue weighted by Gasteiger charge is 2.24. The van der Waals surface area contributed by atoms with Crippen LogP contribution in [0.4, 0.5) is 0 Å². The highest BCUT2D eigenvalue weighted by Crippen LogP contribution is 2.26. The van der Waals surface area contributed by atoms with Gasteiger partial charge in [-0.3, -0.25) is 4.79 Å². The minimum Gasteiger partial charge on any atom is -0.481 e. The van der Waals surface area contributed by atoms with Gasteiger partial charge in [0.15, 0.2) is 0 Å². The fourth-order valence-electron chi connectivity index (χ4n) is 2.20. The average Bonchev–Trinajstić information content (AvgIpc) is 2.66. The van der Waals surface area contributed by atoms with E-state index in [2.05, 4.69) is 15.3 Å². The Morgan fingerprint density at radius 3 is 2.17 bits per heavy atom. The van der Waals surface area contributed by atoms with E-state index in [4.69, 9.17) is 18.9 Å². The van der Waals surface area contributed by atoms with Gasteiger partial charge in [0, 0.05) is 0 Å². The van der Waals surface area contributed by atoms with Crippen molar-refractivity contribution in [2.45, 2.75) is 39.3 Å². The van der Waals surface area contributed by atoms with Crippen LogP contribution in [0.5, 0.6) is 23.5 Å². The van der Waals surface area contributed by atoms with Gasteiger partial charge in [-0.15, -0.1) is 0 Å². The number of ether oxygens (including phenoxy) is 4. The van der Waals surface area contributed by atoms with Crippen LogP contribution in [-0.2, 0) is 9.53 Å².